The summed E-state index contributed by atoms with van der Waals surface area (Å²) in [5, 5.41) is 0. The summed E-state index contributed by atoms with van der Waals surface area (Å²) in [6, 6.07) is 8.82. The maximum Gasteiger partial charge on any atom is 0.0472 e. The van der Waals surface area contributed by atoms with Gasteiger partial charge in [0.25, 0.3) is 0 Å². The second-order valence-electron chi connectivity index (χ2n) is 6.01. The van der Waals surface area contributed by atoms with Crippen LogP contribution in [-0.4, -0.2) is 48.6 Å². The van der Waals surface area contributed by atoms with E-state index < -0.39 is 0 Å². The topological polar surface area (TPSA) is 32.5 Å². The highest BCUT2D eigenvalue weighted by Gasteiger charge is 2.34. The molecule has 19 heavy (non-hydrogen) atoms. The lowest BCUT2D eigenvalue weighted by Gasteiger charge is -2.48. The number of nitrogens with zero attached hydrogens (tertiary/aromatic N) is 2. The Bertz CT molecular complexity index is 433. The molecular formula is C15H24BrN3. The van der Waals surface area contributed by atoms with E-state index in [1.54, 1.807) is 0 Å². The molecule has 0 amide bonds. The molecule has 1 heterocycles. The Kier molecular flexibility index (Phi) is 4.66. The fraction of sp³-hybridized carbons (Fsp3) is 0.600. The number of piperazine rings is 1. The van der Waals surface area contributed by atoms with E-state index in [-0.39, 0.29) is 5.54 Å². The molecule has 2 N–H and O–H groups in total. The first-order valence-electron chi connectivity index (χ1n) is 6.85. The van der Waals surface area contributed by atoms with Crippen molar-refractivity contribution in [2.45, 2.75) is 25.4 Å². The van der Waals surface area contributed by atoms with Crippen LogP contribution in [0.1, 0.15) is 25.5 Å². The third-order valence-electron chi connectivity index (χ3n) is 4.24. The molecule has 0 aliphatic carbocycles. The standard InChI is InChI=1S/C15H24BrN3/c1-15(2)11-19(8-7-18(15)3)14(10-17)12-5-4-6-13(16)9-12/h4-6,9,14H,7-8,10-11,17H2,1-3H3. The van der Waals surface area contributed by atoms with E-state index in [0.717, 1.165) is 24.1 Å². The molecule has 0 radical (unpaired) electrons. The molecule has 1 atom stereocenters. The van der Waals surface area contributed by atoms with Gasteiger partial charge in [0, 0.05) is 42.2 Å². The van der Waals surface area contributed by atoms with E-state index in [9.17, 15) is 0 Å². The Morgan fingerprint density at radius 1 is 1.37 bits per heavy atom. The van der Waals surface area contributed by atoms with Crippen molar-refractivity contribution in [3.8, 4) is 0 Å². The first-order valence-corrected chi connectivity index (χ1v) is 7.64. The average molecular weight is 326 g/mol. The van der Waals surface area contributed by atoms with Gasteiger partial charge < -0.3 is 5.73 Å². The Morgan fingerprint density at radius 3 is 2.68 bits per heavy atom. The molecule has 4 heteroatoms. The third-order valence-corrected chi connectivity index (χ3v) is 4.74. The highest BCUT2D eigenvalue weighted by Crippen LogP contribution is 2.28. The first kappa shape index (κ1) is 15.0. The summed E-state index contributed by atoms with van der Waals surface area (Å²) in [6.07, 6.45) is 0. The van der Waals surface area contributed by atoms with Crippen molar-refractivity contribution < 1.29 is 0 Å². The van der Waals surface area contributed by atoms with Crippen LogP contribution in [0.25, 0.3) is 0 Å². The van der Waals surface area contributed by atoms with Crippen LogP contribution in [0.4, 0.5) is 0 Å². The Labute approximate surface area is 124 Å². The predicted octanol–water partition coefficient (Wildman–Crippen LogP) is 2.47. The molecule has 1 aromatic carbocycles. The van der Waals surface area contributed by atoms with Crippen LogP contribution in [0.3, 0.4) is 0 Å². The van der Waals surface area contributed by atoms with E-state index in [1.165, 1.54) is 5.56 Å². The summed E-state index contributed by atoms with van der Waals surface area (Å²) < 4.78 is 1.12. The van der Waals surface area contributed by atoms with E-state index in [4.69, 9.17) is 5.73 Å². The van der Waals surface area contributed by atoms with Gasteiger partial charge in [-0.1, -0.05) is 28.1 Å². The van der Waals surface area contributed by atoms with Crippen molar-refractivity contribution in [3.63, 3.8) is 0 Å². The van der Waals surface area contributed by atoms with Crippen LogP contribution in [0, 0.1) is 0 Å². The molecule has 106 valence electrons. The smallest absolute Gasteiger partial charge is 0.0472 e. The number of likely N-dealkylation sites (N-methyl/N-ethyl adjacent to an activating group) is 1. The van der Waals surface area contributed by atoms with Crippen LogP contribution >= 0.6 is 15.9 Å². The molecule has 3 nitrogen and oxygen atoms in total. The number of nitrogens with two attached hydrogens (primary N) is 1. The normalized spacial score (nSPS) is 22.4. The molecule has 0 saturated carbocycles. The minimum Gasteiger partial charge on any atom is -0.329 e. The lowest BCUT2D eigenvalue weighted by Crippen LogP contribution is -2.58. The van der Waals surface area contributed by atoms with Gasteiger partial charge in [-0.15, -0.1) is 0 Å². The lowest BCUT2D eigenvalue weighted by atomic mass is 9.96. The van der Waals surface area contributed by atoms with Crippen molar-refractivity contribution in [2.75, 3.05) is 33.2 Å². The second kappa shape index (κ2) is 5.92. The summed E-state index contributed by atoms with van der Waals surface area (Å²) in [6.45, 7) is 8.49. The summed E-state index contributed by atoms with van der Waals surface area (Å²) in [5.74, 6) is 0. The van der Waals surface area contributed by atoms with Gasteiger partial charge in [0.15, 0.2) is 0 Å². The Balaban J connectivity index is 2.19. The molecular weight excluding hydrogens is 302 g/mol. The van der Waals surface area contributed by atoms with Crippen LogP contribution < -0.4 is 5.73 Å². The molecule has 1 saturated heterocycles. The summed E-state index contributed by atoms with van der Waals surface area (Å²) in [7, 11) is 2.20. The van der Waals surface area contributed by atoms with Gasteiger partial charge in [-0.3, -0.25) is 9.80 Å². The zero-order chi connectivity index (χ0) is 14.0. The molecule has 1 aromatic rings. The Morgan fingerprint density at radius 2 is 2.11 bits per heavy atom. The van der Waals surface area contributed by atoms with Crippen molar-refractivity contribution in [3.05, 3.63) is 34.3 Å². The highest BCUT2D eigenvalue weighted by atomic mass is 79.9. The number of halogens is 1. The van der Waals surface area contributed by atoms with Crippen LogP contribution in [0.2, 0.25) is 0 Å². The fourth-order valence-electron chi connectivity index (χ4n) is 2.75. The van der Waals surface area contributed by atoms with Crippen molar-refractivity contribution >= 4 is 15.9 Å². The fourth-order valence-corrected chi connectivity index (χ4v) is 3.17. The van der Waals surface area contributed by atoms with Gasteiger partial charge in [-0.25, -0.2) is 0 Å². The maximum absolute atomic E-state index is 6.04. The van der Waals surface area contributed by atoms with Gasteiger partial charge in [0.1, 0.15) is 0 Å². The van der Waals surface area contributed by atoms with Crippen LogP contribution in [-0.2, 0) is 0 Å². The number of rotatable bonds is 3. The summed E-state index contributed by atoms with van der Waals surface area (Å²) >= 11 is 3.55. The van der Waals surface area contributed by atoms with E-state index in [2.05, 4.69) is 70.9 Å². The molecule has 0 bridgehead atoms. The predicted molar refractivity (Wildman–Crippen MR) is 84.2 cm³/mol. The van der Waals surface area contributed by atoms with E-state index in [0.29, 0.717) is 12.6 Å². The summed E-state index contributed by atoms with van der Waals surface area (Å²) in [4.78, 5) is 4.94. The molecule has 1 unspecified atom stereocenters. The average Bonchev–Trinajstić information content (AvgIpc) is 2.34. The van der Waals surface area contributed by atoms with Gasteiger partial charge >= 0.3 is 0 Å². The summed E-state index contributed by atoms with van der Waals surface area (Å²) in [5.41, 5.74) is 7.55. The second-order valence-corrected chi connectivity index (χ2v) is 6.93. The molecule has 0 spiro atoms. The van der Waals surface area contributed by atoms with Crippen molar-refractivity contribution in [2.24, 2.45) is 5.73 Å². The monoisotopic (exact) mass is 325 g/mol. The number of hydrogen-bond acceptors (Lipinski definition) is 3. The highest BCUT2D eigenvalue weighted by molar-refractivity contribution is 9.10. The number of hydrogen-bond donors (Lipinski definition) is 1. The van der Waals surface area contributed by atoms with Crippen LogP contribution in [0.5, 0.6) is 0 Å². The van der Waals surface area contributed by atoms with E-state index >= 15 is 0 Å². The zero-order valence-corrected chi connectivity index (χ0v) is 13.7. The molecule has 1 aliphatic heterocycles. The van der Waals surface area contributed by atoms with Gasteiger partial charge in [0.05, 0.1) is 0 Å². The van der Waals surface area contributed by atoms with Crippen molar-refractivity contribution in [1.29, 1.82) is 0 Å². The van der Waals surface area contributed by atoms with Crippen molar-refractivity contribution in [1.82, 2.24) is 9.80 Å². The zero-order valence-electron chi connectivity index (χ0n) is 12.1. The molecule has 2 rings (SSSR count). The van der Waals surface area contributed by atoms with Gasteiger partial charge in [-0.2, -0.15) is 0 Å². The van der Waals surface area contributed by atoms with Gasteiger partial charge in [0.2, 0.25) is 0 Å². The van der Waals surface area contributed by atoms with E-state index in [1.807, 2.05) is 0 Å². The minimum absolute atomic E-state index is 0.206. The Hall–Kier alpha value is -0.420. The van der Waals surface area contributed by atoms with Crippen LogP contribution in [0.15, 0.2) is 28.7 Å². The number of benzene rings is 1. The maximum atomic E-state index is 6.04. The first-order chi connectivity index (χ1) is 8.94. The molecule has 0 aromatic heterocycles. The lowest BCUT2D eigenvalue weighted by molar-refractivity contribution is 0.0180. The minimum atomic E-state index is 0.206. The van der Waals surface area contributed by atoms with Gasteiger partial charge in [-0.05, 0) is 38.6 Å². The third kappa shape index (κ3) is 3.37. The quantitative estimate of drug-likeness (QED) is 0.926. The SMILES string of the molecule is CN1CCN(C(CN)c2cccc(Br)c2)CC1(C)C. The largest absolute Gasteiger partial charge is 0.329 e. The molecule has 1 fully saturated rings. The molecule has 1 aliphatic rings.